The highest BCUT2D eigenvalue weighted by Crippen LogP contribution is 2.49. The predicted octanol–water partition coefficient (Wildman–Crippen LogP) is 13.4. The molecule has 230 valence electrons. The molecule has 2 heterocycles. The maximum absolute atomic E-state index is 6.99. The minimum Gasteiger partial charge on any atom is -0.456 e. The number of furan rings is 2. The van der Waals surface area contributed by atoms with Gasteiger partial charge in [-0.2, -0.15) is 0 Å². The third-order valence-electron chi connectivity index (χ3n) is 9.65. The quantitative estimate of drug-likeness (QED) is 0.190. The maximum atomic E-state index is 6.99. The van der Waals surface area contributed by atoms with Crippen molar-refractivity contribution in [3.05, 3.63) is 176 Å². The van der Waals surface area contributed by atoms with Crippen LogP contribution in [0.3, 0.4) is 0 Å². The molecule has 0 amide bonds. The minimum absolute atomic E-state index is 0.828. The highest BCUT2D eigenvalue weighted by Gasteiger charge is 2.25. The summed E-state index contributed by atoms with van der Waals surface area (Å²) in [6.45, 7) is 0. The number of fused-ring (bicyclic) bond motifs is 8. The number of benzene rings is 8. The van der Waals surface area contributed by atoms with Crippen LogP contribution in [-0.4, -0.2) is 0 Å². The van der Waals surface area contributed by atoms with Gasteiger partial charge in [-0.25, -0.2) is 0 Å². The Labute approximate surface area is 282 Å². The van der Waals surface area contributed by atoms with Gasteiger partial charge in [0.05, 0.1) is 5.69 Å². The fourth-order valence-electron chi connectivity index (χ4n) is 7.37. The van der Waals surface area contributed by atoms with Gasteiger partial charge in [0.1, 0.15) is 16.7 Å². The zero-order chi connectivity index (χ0) is 32.3. The van der Waals surface area contributed by atoms with E-state index in [4.69, 9.17) is 8.83 Å². The lowest BCUT2D eigenvalue weighted by Gasteiger charge is -2.26. The van der Waals surface area contributed by atoms with Gasteiger partial charge in [0.25, 0.3) is 0 Å². The van der Waals surface area contributed by atoms with Gasteiger partial charge < -0.3 is 13.7 Å². The van der Waals surface area contributed by atoms with E-state index in [2.05, 4.69) is 157 Å². The summed E-state index contributed by atoms with van der Waals surface area (Å²) in [6, 6.07) is 61.9. The van der Waals surface area contributed by atoms with Crippen LogP contribution >= 0.6 is 0 Å². The summed E-state index contributed by atoms with van der Waals surface area (Å²) in [7, 11) is 0. The topological polar surface area (TPSA) is 29.5 Å². The summed E-state index contributed by atoms with van der Waals surface area (Å²) in [6.07, 6.45) is 0. The Hall–Kier alpha value is -6.58. The molecule has 0 saturated carbocycles. The molecule has 2 aromatic heterocycles. The van der Waals surface area contributed by atoms with E-state index in [1.807, 2.05) is 24.3 Å². The Morgan fingerprint density at radius 1 is 0.367 bits per heavy atom. The molecule has 3 nitrogen and oxygen atoms in total. The molecule has 10 aromatic rings. The average Bonchev–Trinajstić information content (AvgIpc) is 3.75. The first-order valence-corrected chi connectivity index (χ1v) is 16.6. The summed E-state index contributed by atoms with van der Waals surface area (Å²) in [5, 5.41) is 6.68. The first-order valence-electron chi connectivity index (χ1n) is 16.6. The summed E-state index contributed by atoms with van der Waals surface area (Å²) in [4.78, 5) is 2.32. The van der Waals surface area contributed by atoms with E-state index in [-0.39, 0.29) is 0 Å². The second kappa shape index (κ2) is 11.0. The standard InChI is InChI=1S/C46H29NO2/c1-3-11-30(12-4-1)32-19-22-35(23-20-32)47(36-24-21-31-13-7-8-16-34(31)29-36)39-26-25-37(33-14-5-2-6-15-33)44-45-42(49-46(39)44)28-27-41-43(45)38-17-9-10-18-40(38)48-41/h1-29H. The monoisotopic (exact) mass is 627 g/mol. The molecule has 0 N–H and O–H groups in total. The van der Waals surface area contributed by atoms with Gasteiger partial charge in [-0.05, 0) is 81.6 Å². The summed E-state index contributed by atoms with van der Waals surface area (Å²) in [5.74, 6) is 0. The molecule has 0 aliphatic heterocycles. The van der Waals surface area contributed by atoms with Gasteiger partial charge in [-0.15, -0.1) is 0 Å². The fourth-order valence-corrected chi connectivity index (χ4v) is 7.37. The van der Waals surface area contributed by atoms with E-state index in [1.54, 1.807) is 0 Å². The van der Waals surface area contributed by atoms with E-state index in [9.17, 15) is 0 Å². The van der Waals surface area contributed by atoms with Crippen LogP contribution in [0, 0.1) is 0 Å². The summed E-state index contributed by atoms with van der Waals surface area (Å²) in [5.41, 5.74) is 11.1. The maximum Gasteiger partial charge on any atom is 0.160 e. The first kappa shape index (κ1) is 27.5. The van der Waals surface area contributed by atoms with Crippen molar-refractivity contribution < 1.29 is 8.83 Å². The second-order valence-corrected chi connectivity index (χ2v) is 12.5. The Morgan fingerprint density at radius 2 is 1.00 bits per heavy atom. The van der Waals surface area contributed by atoms with Gasteiger partial charge in [0, 0.05) is 32.9 Å². The lowest BCUT2D eigenvalue weighted by molar-refractivity contribution is 0.663. The number of hydrogen-bond donors (Lipinski definition) is 0. The molecule has 0 unspecified atom stereocenters. The molecule has 8 aromatic carbocycles. The molecule has 0 spiro atoms. The van der Waals surface area contributed by atoms with E-state index >= 15 is 0 Å². The molecule has 0 aliphatic carbocycles. The van der Waals surface area contributed by atoms with Crippen LogP contribution in [0.25, 0.3) is 76.9 Å². The molecule has 0 saturated heterocycles. The molecule has 49 heavy (non-hydrogen) atoms. The molecule has 0 bridgehead atoms. The SMILES string of the molecule is c1ccc(-c2ccc(N(c3ccc4ccccc4c3)c3ccc(-c4ccccc4)c4c3oc3ccc5oc6ccccc6c5c34)cc2)cc1. The normalized spacial score (nSPS) is 11.7. The highest BCUT2D eigenvalue weighted by atomic mass is 16.3. The minimum atomic E-state index is 0.828. The van der Waals surface area contributed by atoms with E-state index in [1.165, 1.54) is 21.9 Å². The van der Waals surface area contributed by atoms with Crippen molar-refractivity contribution in [2.75, 3.05) is 4.90 Å². The zero-order valence-corrected chi connectivity index (χ0v) is 26.5. The van der Waals surface area contributed by atoms with Crippen molar-refractivity contribution in [3.63, 3.8) is 0 Å². The van der Waals surface area contributed by atoms with Crippen LogP contribution in [0.2, 0.25) is 0 Å². The molecule has 0 radical (unpaired) electrons. The summed E-state index contributed by atoms with van der Waals surface area (Å²) < 4.78 is 13.4. The second-order valence-electron chi connectivity index (χ2n) is 12.5. The van der Waals surface area contributed by atoms with Crippen molar-refractivity contribution in [2.45, 2.75) is 0 Å². The third-order valence-corrected chi connectivity index (χ3v) is 9.65. The largest absolute Gasteiger partial charge is 0.456 e. The molecule has 0 atom stereocenters. The Morgan fingerprint density at radius 3 is 1.80 bits per heavy atom. The number of nitrogens with zero attached hydrogens (tertiary/aromatic N) is 1. The van der Waals surface area contributed by atoms with Gasteiger partial charge in [-0.1, -0.05) is 127 Å². The van der Waals surface area contributed by atoms with Crippen LogP contribution in [0.1, 0.15) is 0 Å². The molecule has 0 aliphatic rings. The molecular weight excluding hydrogens is 599 g/mol. The fraction of sp³-hybridized carbons (Fsp3) is 0. The van der Waals surface area contributed by atoms with Crippen molar-refractivity contribution in [2.24, 2.45) is 0 Å². The predicted molar refractivity (Wildman–Crippen MR) is 204 cm³/mol. The van der Waals surface area contributed by atoms with E-state index in [0.29, 0.717) is 0 Å². The van der Waals surface area contributed by atoms with Crippen molar-refractivity contribution in [1.82, 2.24) is 0 Å². The lowest BCUT2D eigenvalue weighted by atomic mass is 9.96. The van der Waals surface area contributed by atoms with Crippen LogP contribution in [0.4, 0.5) is 17.1 Å². The third kappa shape index (κ3) is 4.44. The summed E-state index contributed by atoms with van der Waals surface area (Å²) >= 11 is 0. The van der Waals surface area contributed by atoms with E-state index < -0.39 is 0 Å². The molecule has 10 rings (SSSR count). The first-order chi connectivity index (χ1) is 24.3. The zero-order valence-electron chi connectivity index (χ0n) is 26.5. The number of hydrogen-bond acceptors (Lipinski definition) is 3. The van der Waals surface area contributed by atoms with Crippen molar-refractivity contribution in [3.8, 4) is 22.3 Å². The average molecular weight is 628 g/mol. The van der Waals surface area contributed by atoms with Crippen LogP contribution in [0.15, 0.2) is 185 Å². The lowest BCUT2D eigenvalue weighted by Crippen LogP contribution is -2.10. The highest BCUT2D eigenvalue weighted by molar-refractivity contribution is 6.29. The number of rotatable bonds is 5. The molecular formula is C46H29NO2. The number of anilines is 3. The Balaban J connectivity index is 1.29. The van der Waals surface area contributed by atoms with E-state index in [0.717, 1.165) is 72.1 Å². The van der Waals surface area contributed by atoms with Gasteiger partial charge in [0.15, 0.2) is 5.58 Å². The Bertz CT molecular complexity index is 2810. The van der Waals surface area contributed by atoms with Crippen LogP contribution < -0.4 is 4.90 Å². The van der Waals surface area contributed by atoms with Crippen molar-refractivity contribution in [1.29, 1.82) is 0 Å². The van der Waals surface area contributed by atoms with Crippen LogP contribution in [-0.2, 0) is 0 Å². The van der Waals surface area contributed by atoms with Crippen molar-refractivity contribution >= 4 is 71.7 Å². The molecule has 3 heteroatoms. The molecule has 0 fully saturated rings. The van der Waals surface area contributed by atoms with Gasteiger partial charge in [0.2, 0.25) is 0 Å². The Kier molecular flexibility index (Phi) is 6.18. The number of para-hydroxylation sites is 1. The van der Waals surface area contributed by atoms with Crippen LogP contribution in [0.5, 0.6) is 0 Å². The smallest absolute Gasteiger partial charge is 0.160 e. The van der Waals surface area contributed by atoms with Gasteiger partial charge in [-0.3, -0.25) is 0 Å². The van der Waals surface area contributed by atoms with Gasteiger partial charge >= 0.3 is 0 Å².